The molecule has 1 saturated carbocycles. The van der Waals surface area contributed by atoms with Crippen molar-refractivity contribution >= 4 is 17.4 Å². The van der Waals surface area contributed by atoms with E-state index in [1.165, 1.54) is 32.0 Å². The monoisotopic (exact) mass is 283 g/mol. The fraction of sp³-hybridized carbons (Fsp3) is 0.714. The molecule has 4 nitrogen and oxygen atoms in total. The number of rotatable bonds is 6. The van der Waals surface area contributed by atoms with Crippen molar-refractivity contribution in [2.24, 2.45) is 5.41 Å². The van der Waals surface area contributed by atoms with E-state index in [4.69, 9.17) is 16.3 Å². The molecule has 0 aromatic carbocycles. The van der Waals surface area contributed by atoms with Crippen molar-refractivity contribution in [3.8, 4) is 5.88 Å². The molecule has 0 unspecified atom stereocenters. The maximum absolute atomic E-state index is 6.13. The molecule has 2 rings (SSSR count). The predicted molar refractivity (Wildman–Crippen MR) is 77.9 cm³/mol. The Hall–Kier alpha value is -1.03. The molecule has 5 heteroatoms. The van der Waals surface area contributed by atoms with Gasteiger partial charge in [0, 0.05) is 23.9 Å². The van der Waals surface area contributed by atoms with Crippen LogP contribution in [-0.4, -0.2) is 28.5 Å². The maximum atomic E-state index is 6.13. The van der Waals surface area contributed by atoms with Crippen LogP contribution in [0.1, 0.15) is 39.5 Å². The van der Waals surface area contributed by atoms with Crippen molar-refractivity contribution < 1.29 is 4.74 Å². The van der Waals surface area contributed by atoms with E-state index in [1.807, 2.05) is 19.9 Å². The van der Waals surface area contributed by atoms with Crippen LogP contribution in [0.3, 0.4) is 0 Å². The summed E-state index contributed by atoms with van der Waals surface area (Å²) < 4.78 is 5.56. The van der Waals surface area contributed by atoms with Gasteiger partial charge in [-0.25, -0.2) is 9.97 Å². The molecule has 0 saturated heterocycles. The van der Waals surface area contributed by atoms with Crippen LogP contribution in [0.2, 0.25) is 0 Å². The molecule has 0 radical (unpaired) electrons. The Labute approximate surface area is 119 Å². The predicted octanol–water partition coefficient (Wildman–Crippen LogP) is 3.47. The van der Waals surface area contributed by atoms with Crippen molar-refractivity contribution in [2.75, 3.05) is 17.7 Å². The largest absolute Gasteiger partial charge is 0.475 e. The zero-order valence-corrected chi connectivity index (χ0v) is 12.4. The molecule has 1 aromatic rings. The number of halogens is 1. The standard InChI is InChI=1S/C14H22ClN3O/c1-11(2)19-13-7-12(17-10-18-13)16-9-14(8-15)5-3-4-6-14/h7,10-11H,3-6,8-9H2,1-2H3,(H,16,17,18). The number of alkyl halides is 1. The van der Waals surface area contributed by atoms with Gasteiger partial charge in [0.05, 0.1) is 6.10 Å². The number of hydrogen-bond acceptors (Lipinski definition) is 4. The first-order valence-corrected chi connectivity index (χ1v) is 7.46. The highest BCUT2D eigenvalue weighted by atomic mass is 35.5. The molecule has 0 amide bonds. The molecule has 0 bridgehead atoms. The van der Waals surface area contributed by atoms with Crippen molar-refractivity contribution in [3.63, 3.8) is 0 Å². The molecule has 1 aromatic heterocycles. The van der Waals surface area contributed by atoms with Gasteiger partial charge in [-0.2, -0.15) is 0 Å². The van der Waals surface area contributed by atoms with E-state index in [0.29, 0.717) is 11.8 Å². The minimum atomic E-state index is 0.117. The number of nitrogens with zero attached hydrogens (tertiary/aromatic N) is 2. The highest BCUT2D eigenvalue weighted by Crippen LogP contribution is 2.39. The highest BCUT2D eigenvalue weighted by Gasteiger charge is 2.32. The topological polar surface area (TPSA) is 47.0 Å². The summed E-state index contributed by atoms with van der Waals surface area (Å²) in [5.41, 5.74) is 0.228. The molecule has 1 aliphatic rings. The second kappa shape index (κ2) is 6.42. The quantitative estimate of drug-likeness (QED) is 0.812. The normalized spacial score (nSPS) is 17.7. The molecule has 19 heavy (non-hydrogen) atoms. The zero-order chi connectivity index (χ0) is 13.7. The van der Waals surface area contributed by atoms with Crippen LogP contribution in [0.25, 0.3) is 0 Å². The minimum absolute atomic E-state index is 0.117. The van der Waals surface area contributed by atoms with Crippen molar-refractivity contribution in [1.29, 1.82) is 0 Å². The first-order valence-electron chi connectivity index (χ1n) is 6.92. The molecule has 1 fully saturated rings. The molecule has 106 valence electrons. The lowest BCUT2D eigenvalue weighted by atomic mass is 9.88. The van der Waals surface area contributed by atoms with Crippen molar-refractivity contribution in [1.82, 2.24) is 9.97 Å². The summed E-state index contributed by atoms with van der Waals surface area (Å²) >= 11 is 6.13. The fourth-order valence-electron chi connectivity index (χ4n) is 2.50. The van der Waals surface area contributed by atoms with Crippen LogP contribution >= 0.6 is 11.6 Å². The van der Waals surface area contributed by atoms with Gasteiger partial charge < -0.3 is 10.1 Å². The van der Waals surface area contributed by atoms with E-state index < -0.39 is 0 Å². The lowest BCUT2D eigenvalue weighted by Gasteiger charge is -2.26. The van der Waals surface area contributed by atoms with Gasteiger partial charge in [-0.05, 0) is 26.7 Å². The Morgan fingerprint density at radius 3 is 2.74 bits per heavy atom. The van der Waals surface area contributed by atoms with Gasteiger partial charge in [-0.15, -0.1) is 11.6 Å². The first-order chi connectivity index (χ1) is 9.13. The molecule has 1 heterocycles. The van der Waals surface area contributed by atoms with Crippen LogP contribution < -0.4 is 10.1 Å². The third-order valence-electron chi connectivity index (χ3n) is 3.59. The number of aromatic nitrogens is 2. The van der Waals surface area contributed by atoms with E-state index >= 15 is 0 Å². The Bertz CT molecular complexity index is 405. The van der Waals surface area contributed by atoms with E-state index in [0.717, 1.165) is 12.4 Å². The molecule has 0 spiro atoms. The molecular formula is C14H22ClN3O. The molecule has 1 N–H and O–H groups in total. The Morgan fingerprint density at radius 2 is 2.11 bits per heavy atom. The summed E-state index contributed by atoms with van der Waals surface area (Å²) in [6, 6.07) is 1.84. The average molecular weight is 284 g/mol. The minimum Gasteiger partial charge on any atom is -0.475 e. The van der Waals surface area contributed by atoms with Crippen LogP contribution in [0.5, 0.6) is 5.88 Å². The number of anilines is 1. The summed E-state index contributed by atoms with van der Waals surface area (Å²) in [5.74, 6) is 2.13. The van der Waals surface area contributed by atoms with Gasteiger partial charge in [-0.3, -0.25) is 0 Å². The van der Waals surface area contributed by atoms with E-state index in [1.54, 1.807) is 0 Å². The second-order valence-corrected chi connectivity index (χ2v) is 5.87. The van der Waals surface area contributed by atoms with Gasteiger partial charge in [0.25, 0.3) is 0 Å². The Morgan fingerprint density at radius 1 is 1.37 bits per heavy atom. The third-order valence-corrected chi connectivity index (χ3v) is 4.16. The van der Waals surface area contributed by atoms with Crippen LogP contribution in [0.4, 0.5) is 5.82 Å². The van der Waals surface area contributed by atoms with Crippen molar-refractivity contribution in [3.05, 3.63) is 12.4 Å². The first kappa shape index (κ1) is 14.4. The van der Waals surface area contributed by atoms with Crippen molar-refractivity contribution in [2.45, 2.75) is 45.6 Å². The lowest BCUT2D eigenvalue weighted by molar-refractivity contribution is 0.232. The highest BCUT2D eigenvalue weighted by molar-refractivity contribution is 6.18. The van der Waals surface area contributed by atoms with Crippen LogP contribution in [0.15, 0.2) is 12.4 Å². The molecule has 0 atom stereocenters. The number of nitrogens with one attached hydrogen (secondary N) is 1. The lowest BCUT2D eigenvalue weighted by Crippen LogP contribution is -2.28. The molecular weight excluding hydrogens is 262 g/mol. The summed E-state index contributed by atoms with van der Waals surface area (Å²) in [5, 5.41) is 3.38. The Kier molecular flexibility index (Phi) is 4.86. The Balaban J connectivity index is 1.95. The SMILES string of the molecule is CC(C)Oc1cc(NCC2(CCl)CCCC2)ncn1. The third kappa shape index (κ3) is 3.96. The van der Waals surface area contributed by atoms with Gasteiger partial charge in [0.1, 0.15) is 12.1 Å². The zero-order valence-electron chi connectivity index (χ0n) is 11.7. The van der Waals surface area contributed by atoms with E-state index in [2.05, 4.69) is 15.3 Å². The summed E-state index contributed by atoms with van der Waals surface area (Å²) in [6.07, 6.45) is 6.60. The second-order valence-electron chi connectivity index (χ2n) is 5.60. The molecule has 0 aliphatic heterocycles. The number of hydrogen-bond donors (Lipinski definition) is 1. The van der Waals surface area contributed by atoms with Gasteiger partial charge >= 0.3 is 0 Å². The number of ether oxygens (including phenoxy) is 1. The smallest absolute Gasteiger partial charge is 0.218 e. The van der Waals surface area contributed by atoms with Crippen LogP contribution in [0, 0.1) is 5.41 Å². The maximum Gasteiger partial charge on any atom is 0.218 e. The van der Waals surface area contributed by atoms with E-state index in [-0.39, 0.29) is 11.5 Å². The average Bonchev–Trinajstić information content (AvgIpc) is 2.86. The van der Waals surface area contributed by atoms with Crippen LogP contribution in [-0.2, 0) is 0 Å². The summed E-state index contributed by atoms with van der Waals surface area (Å²) in [7, 11) is 0. The summed E-state index contributed by atoms with van der Waals surface area (Å²) in [4.78, 5) is 8.33. The van der Waals surface area contributed by atoms with Gasteiger partial charge in [0.2, 0.25) is 5.88 Å². The molecule has 1 aliphatic carbocycles. The fourth-order valence-corrected chi connectivity index (χ4v) is 2.86. The summed E-state index contributed by atoms with van der Waals surface area (Å²) in [6.45, 7) is 4.83. The van der Waals surface area contributed by atoms with E-state index in [9.17, 15) is 0 Å². The van der Waals surface area contributed by atoms with Gasteiger partial charge in [0.15, 0.2) is 0 Å². The van der Waals surface area contributed by atoms with Gasteiger partial charge in [-0.1, -0.05) is 12.8 Å².